The number of rotatable bonds is 5. The van der Waals surface area contributed by atoms with Crippen molar-refractivity contribution >= 4 is 40.9 Å². The Labute approximate surface area is 181 Å². The van der Waals surface area contributed by atoms with Gasteiger partial charge in [0.25, 0.3) is 11.8 Å². The van der Waals surface area contributed by atoms with Crippen LogP contribution in [0.2, 0.25) is 0 Å². The van der Waals surface area contributed by atoms with Gasteiger partial charge in [-0.1, -0.05) is 19.3 Å². The number of ether oxygens (including phenoxy) is 1. The number of hydrogen-bond acceptors (Lipinski definition) is 4. The molecule has 2 aromatic rings. The molecule has 156 valence electrons. The van der Waals surface area contributed by atoms with Crippen molar-refractivity contribution in [2.24, 2.45) is 0 Å². The van der Waals surface area contributed by atoms with E-state index in [1.54, 1.807) is 30.3 Å². The predicted molar refractivity (Wildman–Crippen MR) is 120 cm³/mol. The van der Waals surface area contributed by atoms with Gasteiger partial charge in [-0.3, -0.25) is 19.8 Å². The van der Waals surface area contributed by atoms with E-state index >= 15 is 0 Å². The van der Waals surface area contributed by atoms with Crippen molar-refractivity contribution in [3.8, 4) is 5.75 Å². The van der Waals surface area contributed by atoms with Crippen LogP contribution in [0.25, 0.3) is 6.08 Å². The van der Waals surface area contributed by atoms with Crippen molar-refractivity contribution in [3.63, 3.8) is 0 Å². The first kappa shape index (κ1) is 20.3. The van der Waals surface area contributed by atoms with E-state index in [4.69, 9.17) is 17.0 Å². The Morgan fingerprint density at radius 1 is 1.13 bits per heavy atom. The minimum Gasteiger partial charge on any atom is -0.494 e. The van der Waals surface area contributed by atoms with Crippen LogP contribution in [0.4, 0.5) is 5.69 Å². The number of amides is 2. The summed E-state index contributed by atoms with van der Waals surface area (Å²) in [5.74, 6) is -0.198. The molecule has 4 rings (SSSR count). The molecular formula is C23H25N3O3S. The Balaban J connectivity index is 1.58. The highest BCUT2D eigenvalue weighted by molar-refractivity contribution is 7.80. The van der Waals surface area contributed by atoms with Gasteiger partial charge >= 0.3 is 0 Å². The molecule has 1 aliphatic carbocycles. The molecule has 1 aliphatic heterocycles. The number of hydrogen-bond donors (Lipinski definition) is 1. The third-order valence-corrected chi connectivity index (χ3v) is 5.84. The van der Waals surface area contributed by atoms with Gasteiger partial charge in [-0.2, -0.15) is 0 Å². The third kappa shape index (κ3) is 4.16. The normalized spacial score (nSPS) is 19.3. The molecule has 1 saturated carbocycles. The van der Waals surface area contributed by atoms with Crippen LogP contribution in [0.15, 0.2) is 48.3 Å². The highest BCUT2D eigenvalue weighted by Gasteiger charge is 2.34. The van der Waals surface area contributed by atoms with Gasteiger partial charge in [0, 0.05) is 18.4 Å². The molecule has 2 fully saturated rings. The molecule has 0 spiro atoms. The van der Waals surface area contributed by atoms with Crippen molar-refractivity contribution < 1.29 is 14.3 Å². The zero-order valence-corrected chi connectivity index (χ0v) is 17.8. The van der Waals surface area contributed by atoms with Crippen LogP contribution < -0.4 is 15.0 Å². The van der Waals surface area contributed by atoms with E-state index in [0.29, 0.717) is 24.1 Å². The molecule has 7 heteroatoms. The maximum Gasteiger partial charge on any atom is 0.270 e. The van der Waals surface area contributed by atoms with Crippen LogP contribution in [0.3, 0.4) is 0 Å². The first-order chi connectivity index (χ1) is 14.6. The fourth-order valence-corrected chi connectivity index (χ4v) is 4.32. The Hall–Kier alpha value is -2.93. The second-order valence-corrected chi connectivity index (χ2v) is 7.96. The Kier molecular flexibility index (Phi) is 5.99. The summed E-state index contributed by atoms with van der Waals surface area (Å²) in [7, 11) is 0. The Bertz CT molecular complexity index is 987. The maximum absolute atomic E-state index is 13.1. The second kappa shape index (κ2) is 8.83. The van der Waals surface area contributed by atoms with E-state index in [-0.39, 0.29) is 10.7 Å². The number of nitrogens with zero attached hydrogens (tertiary/aromatic N) is 2. The quantitative estimate of drug-likeness (QED) is 0.444. The average Bonchev–Trinajstić information content (AvgIpc) is 3.22. The summed E-state index contributed by atoms with van der Waals surface area (Å²) in [5.41, 5.74) is 1.48. The van der Waals surface area contributed by atoms with Crippen LogP contribution in [-0.4, -0.2) is 28.1 Å². The van der Waals surface area contributed by atoms with Crippen molar-refractivity contribution in [1.29, 1.82) is 0 Å². The number of nitrogens with one attached hydrogen (secondary N) is 1. The van der Waals surface area contributed by atoms with E-state index < -0.39 is 11.8 Å². The molecule has 2 amide bonds. The lowest BCUT2D eigenvalue weighted by molar-refractivity contribution is -0.122. The molecule has 0 unspecified atom stereocenters. The summed E-state index contributed by atoms with van der Waals surface area (Å²) in [6, 6.07) is 9.50. The molecule has 0 bridgehead atoms. The molecule has 0 radical (unpaired) electrons. The summed E-state index contributed by atoms with van der Waals surface area (Å²) >= 11 is 5.26. The van der Waals surface area contributed by atoms with Crippen LogP contribution >= 0.6 is 12.2 Å². The number of carbonyl (C=O) groups excluding carboxylic acids is 2. The molecule has 1 aromatic heterocycles. The highest BCUT2D eigenvalue weighted by Crippen LogP contribution is 2.29. The fraction of sp³-hybridized carbons (Fsp3) is 0.348. The molecule has 1 saturated heterocycles. The van der Waals surface area contributed by atoms with Crippen LogP contribution in [0.1, 0.15) is 50.6 Å². The van der Waals surface area contributed by atoms with Gasteiger partial charge in [0.15, 0.2) is 5.11 Å². The average molecular weight is 424 g/mol. The molecule has 1 aromatic carbocycles. The molecule has 6 nitrogen and oxygen atoms in total. The fourth-order valence-electron chi connectivity index (χ4n) is 4.04. The lowest BCUT2D eigenvalue weighted by atomic mass is 9.95. The molecular weight excluding hydrogens is 398 g/mol. The van der Waals surface area contributed by atoms with Crippen molar-refractivity contribution in [3.05, 3.63) is 53.9 Å². The summed E-state index contributed by atoms with van der Waals surface area (Å²) < 4.78 is 7.65. The zero-order valence-electron chi connectivity index (χ0n) is 17.0. The molecule has 0 atom stereocenters. The van der Waals surface area contributed by atoms with Gasteiger partial charge in [0.05, 0.1) is 12.3 Å². The second-order valence-electron chi connectivity index (χ2n) is 7.57. The maximum atomic E-state index is 13.1. The molecule has 2 aliphatic rings. The Morgan fingerprint density at radius 2 is 1.87 bits per heavy atom. The van der Waals surface area contributed by atoms with E-state index in [0.717, 1.165) is 5.56 Å². The van der Waals surface area contributed by atoms with E-state index in [1.807, 2.05) is 25.4 Å². The van der Waals surface area contributed by atoms with Crippen LogP contribution in [0.5, 0.6) is 5.75 Å². The molecule has 30 heavy (non-hydrogen) atoms. The summed E-state index contributed by atoms with van der Waals surface area (Å²) in [5, 5.41) is 2.70. The zero-order chi connectivity index (χ0) is 21.1. The molecule has 2 heterocycles. The van der Waals surface area contributed by atoms with Crippen molar-refractivity contribution in [1.82, 2.24) is 9.88 Å². The minimum atomic E-state index is -0.474. The van der Waals surface area contributed by atoms with Gasteiger partial charge in [0.2, 0.25) is 0 Å². The van der Waals surface area contributed by atoms with Gasteiger partial charge in [-0.15, -0.1) is 0 Å². The topological polar surface area (TPSA) is 63.6 Å². The van der Waals surface area contributed by atoms with E-state index in [2.05, 4.69) is 9.88 Å². The van der Waals surface area contributed by atoms with E-state index in [9.17, 15) is 9.59 Å². The van der Waals surface area contributed by atoms with E-state index in [1.165, 1.54) is 37.0 Å². The SMILES string of the molecule is CCOc1ccc(N2C(=O)/C(=C\c3ccn(C4CCCCC4)c3)C(=O)NC2=S)cc1. The summed E-state index contributed by atoms with van der Waals surface area (Å²) in [4.78, 5) is 27.0. The smallest absolute Gasteiger partial charge is 0.270 e. The summed E-state index contributed by atoms with van der Waals surface area (Å²) in [6.07, 6.45) is 11.8. The predicted octanol–water partition coefficient (Wildman–Crippen LogP) is 4.22. The first-order valence-electron chi connectivity index (χ1n) is 10.4. The number of thiocarbonyl (C=S) groups is 1. The largest absolute Gasteiger partial charge is 0.494 e. The van der Waals surface area contributed by atoms with Gasteiger partial charge in [0.1, 0.15) is 11.3 Å². The number of benzene rings is 1. The summed E-state index contributed by atoms with van der Waals surface area (Å²) in [6.45, 7) is 2.47. The van der Waals surface area contributed by atoms with Gasteiger partial charge < -0.3 is 9.30 Å². The third-order valence-electron chi connectivity index (χ3n) is 5.55. The number of anilines is 1. The number of carbonyl (C=O) groups is 2. The highest BCUT2D eigenvalue weighted by atomic mass is 32.1. The standard InChI is InChI=1S/C23H25N3O3S/c1-2-29-19-10-8-18(9-11-19)26-22(28)20(21(27)24-23(26)30)14-16-12-13-25(15-16)17-6-4-3-5-7-17/h8-15,17H,2-7H2,1H3,(H,24,27,30)/b20-14-. The van der Waals surface area contributed by atoms with Crippen LogP contribution in [0, 0.1) is 0 Å². The van der Waals surface area contributed by atoms with Gasteiger partial charge in [-0.05, 0) is 74.0 Å². The number of aromatic nitrogens is 1. The van der Waals surface area contributed by atoms with Gasteiger partial charge in [-0.25, -0.2) is 0 Å². The lowest BCUT2D eigenvalue weighted by Gasteiger charge is -2.29. The van der Waals surface area contributed by atoms with Crippen molar-refractivity contribution in [2.75, 3.05) is 11.5 Å². The minimum absolute atomic E-state index is 0.0684. The molecule has 1 N–H and O–H groups in total. The Morgan fingerprint density at radius 3 is 2.57 bits per heavy atom. The monoisotopic (exact) mass is 423 g/mol. The van der Waals surface area contributed by atoms with Crippen LogP contribution in [-0.2, 0) is 9.59 Å². The lowest BCUT2D eigenvalue weighted by Crippen LogP contribution is -2.54. The first-order valence-corrected chi connectivity index (χ1v) is 10.8. The van der Waals surface area contributed by atoms with Crippen molar-refractivity contribution in [2.45, 2.75) is 45.1 Å².